The van der Waals surface area contributed by atoms with Gasteiger partial charge in [0.15, 0.2) is 0 Å². The largest absolute Gasteiger partial charge is 0.377 e. The molecule has 0 bridgehead atoms. The molecule has 0 radical (unpaired) electrons. The van der Waals surface area contributed by atoms with Gasteiger partial charge < -0.3 is 15.4 Å². The SMILES string of the molecule is CC(=O)NC1COCC1NC(=O)C(C)C. The first-order chi connectivity index (χ1) is 7.00. The van der Waals surface area contributed by atoms with Crippen LogP contribution in [0.1, 0.15) is 20.8 Å². The molecule has 2 atom stereocenters. The third-order valence-corrected chi connectivity index (χ3v) is 2.32. The molecule has 86 valence electrons. The van der Waals surface area contributed by atoms with Crippen molar-refractivity contribution in [3.8, 4) is 0 Å². The summed E-state index contributed by atoms with van der Waals surface area (Å²) in [5.41, 5.74) is 0. The fraction of sp³-hybridized carbons (Fsp3) is 0.800. The quantitative estimate of drug-likeness (QED) is 0.675. The van der Waals surface area contributed by atoms with E-state index in [1.807, 2.05) is 13.8 Å². The van der Waals surface area contributed by atoms with Gasteiger partial charge in [-0.3, -0.25) is 9.59 Å². The molecule has 0 spiro atoms. The van der Waals surface area contributed by atoms with Crippen LogP contribution in [0, 0.1) is 5.92 Å². The van der Waals surface area contributed by atoms with Gasteiger partial charge in [-0.25, -0.2) is 0 Å². The van der Waals surface area contributed by atoms with Gasteiger partial charge in [0, 0.05) is 12.8 Å². The standard InChI is InChI=1S/C10H18N2O3/c1-6(2)10(14)12-9-5-15-4-8(9)11-7(3)13/h6,8-9H,4-5H2,1-3H3,(H,11,13)(H,12,14). The first kappa shape index (κ1) is 12.0. The lowest BCUT2D eigenvalue weighted by atomic mass is 10.1. The molecule has 2 amide bonds. The van der Waals surface area contributed by atoms with Crippen molar-refractivity contribution in [2.45, 2.75) is 32.9 Å². The Morgan fingerprint density at radius 3 is 2.20 bits per heavy atom. The Kier molecular flexibility index (Phi) is 4.08. The number of hydrogen-bond donors (Lipinski definition) is 2. The molecule has 1 aliphatic rings. The summed E-state index contributed by atoms with van der Waals surface area (Å²) < 4.78 is 5.22. The normalized spacial score (nSPS) is 25.3. The van der Waals surface area contributed by atoms with Crippen molar-refractivity contribution in [3.05, 3.63) is 0 Å². The van der Waals surface area contributed by atoms with Gasteiger partial charge in [0.1, 0.15) is 0 Å². The predicted molar refractivity (Wildman–Crippen MR) is 55.2 cm³/mol. The van der Waals surface area contributed by atoms with Crippen molar-refractivity contribution in [1.29, 1.82) is 0 Å². The lowest BCUT2D eigenvalue weighted by molar-refractivity contribution is -0.125. The Hall–Kier alpha value is -1.10. The van der Waals surface area contributed by atoms with Gasteiger partial charge in [-0.1, -0.05) is 13.8 Å². The van der Waals surface area contributed by atoms with Crippen LogP contribution in [0.5, 0.6) is 0 Å². The van der Waals surface area contributed by atoms with Gasteiger partial charge >= 0.3 is 0 Å². The van der Waals surface area contributed by atoms with Crippen LogP contribution in [-0.2, 0) is 14.3 Å². The van der Waals surface area contributed by atoms with E-state index in [1.165, 1.54) is 6.92 Å². The van der Waals surface area contributed by atoms with E-state index >= 15 is 0 Å². The van der Waals surface area contributed by atoms with Gasteiger partial charge in [0.25, 0.3) is 0 Å². The fourth-order valence-corrected chi connectivity index (χ4v) is 1.45. The zero-order valence-corrected chi connectivity index (χ0v) is 9.37. The van der Waals surface area contributed by atoms with E-state index in [1.54, 1.807) is 0 Å². The van der Waals surface area contributed by atoms with Crippen LogP contribution in [-0.4, -0.2) is 37.1 Å². The van der Waals surface area contributed by atoms with Crippen molar-refractivity contribution in [2.24, 2.45) is 5.92 Å². The minimum Gasteiger partial charge on any atom is -0.377 e. The zero-order valence-electron chi connectivity index (χ0n) is 9.37. The lowest BCUT2D eigenvalue weighted by Crippen LogP contribution is -2.51. The summed E-state index contributed by atoms with van der Waals surface area (Å²) in [6, 6.07) is -0.214. The third kappa shape index (κ3) is 3.51. The average molecular weight is 214 g/mol. The van der Waals surface area contributed by atoms with Gasteiger partial charge in [-0.15, -0.1) is 0 Å². The highest BCUT2D eigenvalue weighted by Gasteiger charge is 2.30. The second-order valence-electron chi connectivity index (χ2n) is 4.11. The average Bonchev–Trinajstić information content (AvgIpc) is 2.51. The maximum Gasteiger partial charge on any atom is 0.222 e. The smallest absolute Gasteiger partial charge is 0.222 e. The molecule has 1 rings (SSSR count). The molecule has 1 saturated heterocycles. The molecule has 1 fully saturated rings. The third-order valence-electron chi connectivity index (χ3n) is 2.32. The number of nitrogens with one attached hydrogen (secondary N) is 2. The van der Waals surface area contributed by atoms with Crippen LogP contribution in [0.15, 0.2) is 0 Å². The molecule has 2 unspecified atom stereocenters. The highest BCUT2D eigenvalue weighted by molar-refractivity contribution is 5.78. The minimum atomic E-state index is -0.108. The highest BCUT2D eigenvalue weighted by Crippen LogP contribution is 2.06. The minimum absolute atomic E-state index is 0.0131. The molecule has 5 nitrogen and oxygen atoms in total. The van der Waals surface area contributed by atoms with Gasteiger partial charge in [0.05, 0.1) is 25.3 Å². The zero-order chi connectivity index (χ0) is 11.4. The molecule has 0 saturated carbocycles. The van der Waals surface area contributed by atoms with Crippen LogP contribution in [0.25, 0.3) is 0 Å². The summed E-state index contributed by atoms with van der Waals surface area (Å²) in [5.74, 6) is -0.168. The number of carbonyl (C=O) groups is 2. The topological polar surface area (TPSA) is 67.4 Å². The van der Waals surface area contributed by atoms with E-state index in [0.717, 1.165) is 0 Å². The van der Waals surface area contributed by atoms with Crippen molar-refractivity contribution >= 4 is 11.8 Å². The molecule has 0 aromatic heterocycles. The lowest BCUT2D eigenvalue weighted by Gasteiger charge is -2.20. The van der Waals surface area contributed by atoms with Crippen LogP contribution >= 0.6 is 0 Å². The number of ether oxygens (including phenoxy) is 1. The van der Waals surface area contributed by atoms with Gasteiger partial charge in [0.2, 0.25) is 11.8 Å². The maximum absolute atomic E-state index is 11.5. The molecule has 0 aliphatic carbocycles. The fourth-order valence-electron chi connectivity index (χ4n) is 1.45. The monoisotopic (exact) mass is 214 g/mol. The van der Waals surface area contributed by atoms with E-state index in [-0.39, 0.29) is 29.8 Å². The van der Waals surface area contributed by atoms with Crippen LogP contribution in [0.3, 0.4) is 0 Å². The molecule has 1 aliphatic heterocycles. The van der Waals surface area contributed by atoms with Crippen LogP contribution < -0.4 is 10.6 Å². The second kappa shape index (κ2) is 5.11. The summed E-state index contributed by atoms with van der Waals surface area (Å²) >= 11 is 0. The first-order valence-corrected chi connectivity index (χ1v) is 5.16. The van der Waals surface area contributed by atoms with E-state index in [9.17, 15) is 9.59 Å². The molecule has 2 N–H and O–H groups in total. The number of carbonyl (C=O) groups excluding carboxylic acids is 2. The van der Waals surface area contributed by atoms with Crippen molar-refractivity contribution in [3.63, 3.8) is 0 Å². The molecule has 15 heavy (non-hydrogen) atoms. The first-order valence-electron chi connectivity index (χ1n) is 5.16. The Morgan fingerprint density at radius 2 is 1.73 bits per heavy atom. The molecular formula is C10H18N2O3. The Labute approximate surface area is 89.6 Å². The van der Waals surface area contributed by atoms with Crippen LogP contribution in [0.4, 0.5) is 0 Å². The number of rotatable bonds is 3. The molecule has 1 heterocycles. The maximum atomic E-state index is 11.5. The number of amides is 2. The van der Waals surface area contributed by atoms with Crippen molar-refractivity contribution in [2.75, 3.05) is 13.2 Å². The van der Waals surface area contributed by atoms with E-state index in [4.69, 9.17) is 4.74 Å². The summed E-state index contributed by atoms with van der Waals surface area (Å²) in [6.45, 7) is 6.04. The summed E-state index contributed by atoms with van der Waals surface area (Å²) in [7, 11) is 0. The molecule has 0 aromatic carbocycles. The second-order valence-corrected chi connectivity index (χ2v) is 4.11. The van der Waals surface area contributed by atoms with E-state index in [2.05, 4.69) is 10.6 Å². The van der Waals surface area contributed by atoms with Crippen LogP contribution in [0.2, 0.25) is 0 Å². The highest BCUT2D eigenvalue weighted by atomic mass is 16.5. The molecule has 0 aromatic rings. The summed E-state index contributed by atoms with van der Waals surface area (Å²) in [4.78, 5) is 22.3. The number of hydrogen-bond acceptors (Lipinski definition) is 3. The van der Waals surface area contributed by atoms with Gasteiger partial charge in [-0.2, -0.15) is 0 Å². The summed E-state index contributed by atoms with van der Waals surface area (Å²) in [6.07, 6.45) is 0. The molecular weight excluding hydrogens is 196 g/mol. The van der Waals surface area contributed by atoms with Crippen molar-refractivity contribution < 1.29 is 14.3 Å². The van der Waals surface area contributed by atoms with E-state index < -0.39 is 0 Å². The Morgan fingerprint density at radius 1 is 1.20 bits per heavy atom. The van der Waals surface area contributed by atoms with E-state index in [0.29, 0.717) is 13.2 Å². The Bertz CT molecular complexity index is 253. The van der Waals surface area contributed by atoms with Crippen molar-refractivity contribution in [1.82, 2.24) is 10.6 Å². The van der Waals surface area contributed by atoms with Gasteiger partial charge in [-0.05, 0) is 0 Å². The summed E-state index contributed by atoms with van der Waals surface area (Å²) in [5, 5.41) is 5.61. The Balaban J connectivity index is 2.46. The predicted octanol–water partition coefficient (Wildman–Crippen LogP) is -0.338. The molecule has 5 heteroatoms.